The molecular formula is C20H21NO3. The Labute approximate surface area is 141 Å². The number of fused-ring (bicyclic) bond motifs is 2. The van der Waals surface area contributed by atoms with Crippen LogP contribution in [0.2, 0.25) is 0 Å². The average Bonchev–Trinajstić information content (AvgIpc) is 3.23. The minimum absolute atomic E-state index is 0.0163. The lowest BCUT2D eigenvalue weighted by Gasteiger charge is -2.33. The third-order valence-corrected chi connectivity index (χ3v) is 5.69. The largest absolute Gasteiger partial charge is 0.481 e. The summed E-state index contributed by atoms with van der Waals surface area (Å²) in [7, 11) is 0. The lowest BCUT2D eigenvalue weighted by molar-refractivity contribution is -0.150. The molecule has 1 aliphatic heterocycles. The Morgan fingerprint density at radius 2 is 1.75 bits per heavy atom. The number of allylic oxidation sites excluding steroid dienone is 2. The molecule has 4 nitrogen and oxygen atoms in total. The van der Waals surface area contributed by atoms with Gasteiger partial charge in [0.25, 0.3) is 0 Å². The van der Waals surface area contributed by atoms with Crippen LogP contribution in [0.4, 0.5) is 0 Å². The van der Waals surface area contributed by atoms with E-state index in [4.69, 9.17) is 0 Å². The van der Waals surface area contributed by atoms with Crippen molar-refractivity contribution >= 4 is 17.4 Å². The second kappa shape index (κ2) is 5.93. The third kappa shape index (κ3) is 2.46. The Morgan fingerprint density at radius 3 is 2.38 bits per heavy atom. The van der Waals surface area contributed by atoms with E-state index >= 15 is 0 Å². The molecule has 24 heavy (non-hydrogen) atoms. The molecule has 1 aromatic carbocycles. The predicted molar refractivity (Wildman–Crippen MR) is 91.0 cm³/mol. The number of hydrogen-bond donors (Lipinski definition) is 1. The first-order chi connectivity index (χ1) is 11.6. The Hall–Kier alpha value is -2.36. The number of carbonyl (C=O) groups excluding carboxylic acids is 1. The van der Waals surface area contributed by atoms with Crippen molar-refractivity contribution in [1.29, 1.82) is 0 Å². The van der Waals surface area contributed by atoms with E-state index in [1.54, 1.807) is 0 Å². The first-order valence-corrected chi connectivity index (χ1v) is 8.59. The number of benzene rings is 1. The minimum Gasteiger partial charge on any atom is -0.481 e. The fourth-order valence-corrected chi connectivity index (χ4v) is 4.49. The Balaban J connectivity index is 1.50. The summed E-state index contributed by atoms with van der Waals surface area (Å²) >= 11 is 0. The highest BCUT2D eigenvalue weighted by molar-refractivity contribution is 5.87. The van der Waals surface area contributed by atoms with Gasteiger partial charge in [-0.1, -0.05) is 48.6 Å². The number of hydrogen-bond acceptors (Lipinski definition) is 2. The number of carboxylic acid groups (broad SMARTS) is 1. The van der Waals surface area contributed by atoms with Crippen LogP contribution in [-0.2, 0) is 9.59 Å². The highest BCUT2D eigenvalue weighted by Crippen LogP contribution is 2.49. The maximum Gasteiger partial charge on any atom is 0.307 e. The summed E-state index contributed by atoms with van der Waals surface area (Å²) in [5.41, 5.74) is 2.47. The van der Waals surface area contributed by atoms with E-state index in [0.717, 1.165) is 12.8 Å². The molecule has 2 bridgehead atoms. The molecule has 124 valence electrons. The summed E-state index contributed by atoms with van der Waals surface area (Å²) in [5, 5.41) is 9.53. The smallest absolute Gasteiger partial charge is 0.307 e. The van der Waals surface area contributed by atoms with E-state index in [0.29, 0.717) is 13.1 Å². The molecule has 0 saturated heterocycles. The van der Waals surface area contributed by atoms with Gasteiger partial charge in [0, 0.05) is 13.1 Å². The SMILES string of the molecule is O=C(O)[C@@H]1[C@H](C(=O)N2CC=C(c3ccccc3)CC2)[C@H]2C=C[C@H]1C2. The molecule has 1 heterocycles. The normalized spacial score (nSPS) is 31.2. The monoisotopic (exact) mass is 323 g/mol. The molecule has 0 radical (unpaired) electrons. The maximum atomic E-state index is 12.9. The van der Waals surface area contributed by atoms with Crippen LogP contribution < -0.4 is 0 Å². The van der Waals surface area contributed by atoms with Crippen LogP contribution in [0.25, 0.3) is 5.57 Å². The fourth-order valence-electron chi connectivity index (χ4n) is 4.49. The molecule has 4 atom stereocenters. The molecule has 4 heteroatoms. The molecular weight excluding hydrogens is 302 g/mol. The van der Waals surface area contributed by atoms with Crippen molar-refractivity contribution in [2.45, 2.75) is 12.8 Å². The van der Waals surface area contributed by atoms with Crippen LogP contribution in [0, 0.1) is 23.7 Å². The van der Waals surface area contributed by atoms with Gasteiger partial charge in [-0.3, -0.25) is 9.59 Å². The first kappa shape index (κ1) is 15.2. The van der Waals surface area contributed by atoms with E-state index in [2.05, 4.69) is 18.2 Å². The van der Waals surface area contributed by atoms with Crippen LogP contribution >= 0.6 is 0 Å². The summed E-state index contributed by atoms with van der Waals surface area (Å²) in [6.07, 6.45) is 7.77. The lowest BCUT2D eigenvalue weighted by atomic mass is 9.82. The second-order valence-corrected chi connectivity index (χ2v) is 6.97. The van der Waals surface area contributed by atoms with E-state index in [1.165, 1.54) is 11.1 Å². The number of carboxylic acids is 1. The molecule has 1 saturated carbocycles. The maximum absolute atomic E-state index is 12.9. The van der Waals surface area contributed by atoms with E-state index in [1.807, 2.05) is 35.3 Å². The summed E-state index contributed by atoms with van der Waals surface area (Å²) in [4.78, 5) is 26.4. The predicted octanol–water partition coefficient (Wildman–Crippen LogP) is 2.83. The van der Waals surface area contributed by atoms with Crippen LogP contribution in [-0.4, -0.2) is 35.0 Å². The van der Waals surface area contributed by atoms with Gasteiger partial charge in [0.05, 0.1) is 11.8 Å². The van der Waals surface area contributed by atoms with Gasteiger partial charge < -0.3 is 10.0 Å². The quantitative estimate of drug-likeness (QED) is 0.870. The highest BCUT2D eigenvalue weighted by atomic mass is 16.4. The zero-order chi connectivity index (χ0) is 16.7. The standard InChI is InChI=1S/C20H21NO3/c22-19(17-15-6-7-16(12-15)18(17)20(23)24)21-10-8-14(9-11-21)13-4-2-1-3-5-13/h1-8,15-18H,9-12H2,(H,23,24)/t15-,16-,17+,18-/m0/s1. The number of carbonyl (C=O) groups is 2. The van der Waals surface area contributed by atoms with E-state index in [-0.39, 0.29) is 23.7 Å². The van der Waals surface area contributed by atoms with E-state index in [9.17, 15) is 14.7 Å². The van der Waals surface area contributed by atoms with Crippen molar-refractivity contribution in [3.63, 3.8) is 0 Å². The summed E-state index contributed by atoms with van der Waals surface area (Å²) in [5.74, 6) is -1.62. The van der Waals surface area contributed by atoms with Gasteiger partial charge in [-0.15, -0.1) is 0 Å². The molecule has 3 aliphatic rings. The van der Waals surface area contributed by atoms with Crippen LogP contribution in [0.1, 0.15) is 18.4 Å². The van der Waals surface area contributed by atoms with Gasteiger partial charge in [0.1, 0.15) is 0 Å². The minimum atomic E-state index is -0.831. The van der Waals surface area contributed by atoms with Crippen molar-refractivity contribution in [3.05, 3.63) is 54.1 Å². The van der Waals surface area contributed by atoms with Gasteiger partial charge >= 0.3 is 5.97 Å². The lowest BCUT2D eigenvalue weighted by Crippen LogP contribution is -2.44. The number of nitrogens with zero attached hydrogens (tertiary/aromatic N) is 1. The van der Waals surface area contributed by atoms with Crippen molar-refractivity contribution < 1.29 is 14.7 Å². The van der Waals surface area contributed by atoms with Gasteiger partial charge in [-0.25, -0.2) is 0 Å². The van der Waals surface area contributed by atoms with Crippen molar-refractivity contribution in [2.24, 2.45) is 23.7 Å². The van der Waals surface area contributed by atoms with Crippen LogP contribution in [0.5, 0.6) is 0 Å². The number of rotatable bonds is 3. The van der Waals surface area contributed by atoms with Crippen LogP contribution in [0.15, 0.2) is 48.6 Å². The Morgan fingerprint density at radius 1 is 1.04 bits per heavy atom. The zero-order valence-electron chi connectivity index (χ0n) is 13.5. The third-order valence-electron chi connectivity index (χ3n) is 5.69. The molecule has 0 unspecified atom stereocenters. The topological polar surface area (TPSA) is 57.6 Å². The summed E-state index contributed by atoms with van der Waals surface area (Å²) in [6.45, 7) is 1.25. The van der Waals surface area contributed by atoms with Crippen molar-refractivity contribution in [1.82, 2.24) is 4.90 Å². The second-order valence-electron chi connectivity index (χ2n) is 6.97. The molecule has 0 aromatic heterocycles. The van der Waals surface area contributed by atoms with Gasteiger partial charge in [0.2, 0.25) is 5.91 Å². The first-order valence-electron chi connectivity index (χ1n) is 8.59. The molecule has 1 aromatic rings. The summed E-state index contributed by atoms with van der Waals surface area (Å²) < 4.78 is 0. The van der Waals surface area contributed by atoms with E-state index < -0.39 is 11.9 Å². The number of aliphatic carboxylic acids is 1. The van der Waals surface area contributed by atoms with Crippen LogP contribution in [0.3, 0.4) is 0 Å². The highest BCUT2D eigenvalue weighted by Gasteiger charge is 2.52. The van der Waals surface area contributed by atoms with Gasteiger partial charge in [0.15, 0.2) is 0 Å². The molecule has 0 spiro atoms. The van der Waals surface area contributed by atoms with Crippen molar-refractivity contribution in [3.8, 4) is 0 Å². The average molecular weight is 323 g/mol. The zero-order valence-corrected chi connectivity index (χ0v) is 13.5. The van der Waals surface area contributed by atoms with Gasteiger partial charge in [-0.05, 0) is 35.8 Å². The number of amides is 1. The molecule has 1 fully saturated rings. The van der Waals surface area contributed by atoms with Gasteiger partial charge in [-0.2, -0.15) is 0 Å². The van der Waals surface area contributed by atoms with Crippen molar-refractivity contribution in [2.75, 3.05) is 13.1 Å². The molecule has 1 amide bonds. The Bertz CT molecular complexity index is 722. The fraction of sp³-hybridized carbons (Fsp3) is 0.400. The Kier molecular flexibility index (Phi) is 3.75. The molecule has 2 aliphatic carbocycles. The molecule has 4 rings (SSSR count). The summed E-state index contributed by atoms with van der Waals surface area (Å²) in [6, 6.07) is 10.2. The molecule has 1 N–H and O–H groups in total.